The summed E-state index contributed by atoms with van der Waals surface area (Å²) >= 11 is 0. The summed E-state index contributed by atoms with van der Waals surface area (Å²) in [4.78, 5) is 24.2. The van der Waals surface area contributed by atoms with E-state index in [1.165, 1.54) is 6.07 Å². The number of carbonyl (C=O) groups excluding carboxylic acids is 1. The maximum atomic E-state index is 12.7. The Bertz CT molecular complexity index is 1010. The van der Waals surface area contributed by atoms with E-state index >= 15 is 0 Å². The van der Waals surface area contributed by atoms with Crippen LogP contribution in [0.2, 0.25) is 0 Å². The minimum absolute atomic E-state index is 0.00253. The summed E-state index contributed by atoms with van der Waals surface area (Å²) in [7, 11) is 0. The fraction of sp³-hybridized carbons (Fsp3) is 0.793. The van der Waals surface area contributed by atoms with E-state index in [4.69, 9.17) is 4.42 Å². The van der Waals surface area contributed by atoms with Gasteiger partial charge in [0.2, 0.25) is 5.91 Å². The van der Waals surface area contributed by atoms with E-state index in [0.29, 0.717) is 23.8 Å². The van der Waals surface area contributed by atoms with E-state index < -0.39 is 5.60 Å². The summed E-state index contributed by atoms with van der Waals surface area (Å²) in [5.41, 5.74) is 0.147. The molecule has 0 spiro atoms. The molecule has 2 heterocycles. The van der Waals surface area contributed by atoms with Gasteiger partial charge in [0, 0.05) is 17.5 Å². The number of aliphatic hydroxyl groups is 1. The first-order valence-electron chi connectivity index (χ1n) is 14.1. The highest BCUT2D eigenvalue weighted by Crippen LogP contribution is 2.70. The van der Waals surface area contributed by atoms with Crippen molar-refractivity contribution in [2.45, 2.75) is 108 Å². The van der Waals surface area contributed by atoms with Crippen molar-refractivity contribution in [3.63, 3.8) is 0 Å². The fourth-order valence-corrected chi connectivity index (χ4v) is 9.67. The Morgan fingerprint density at radius 2 is 1.91 bits per heavy atom. The lowest BCUT2D eigenvalue weighted by Crippen LogP contribution is -2.62. The van der Waals surface area contributed by atoms with Crippen LogP contribution in [-0.4, -0.2) is 35.2 Å². The van der Waals surface area contributed by atoms with Gasteiger partial charge in [-0.25, -0.2) is 4.79 Å². The summed E-state index contributed by atoms with van der Waals surface area (Å²) < 4.78 is 5.22. The van der Waals surface area contributed by atoms with E-state index in [2.05, 4.69) is 24.5 Å². The van der Waals surface area contributed by atoms with Gasteiger partial charge in [0.25, 0.3) is 0 Å². The number of rotatable bonds is 3. The van der Waals surface area contributed by atoms with Crippen LogP contribution in [0.25, 0.3) is 0 Å². The van der Waals surface area contributed by atoms with Crippen molar-refractivity contribution in [2.24, 2.45) is 28.6 Å². The van der Waals surface area contributed by atoms with Gasteiger partial charge in [-0.05, 0) is 118 Å². The average Bonchev–Trinajstić information content (AvgIpc) is 3.47. The van der Waals surface area contributed by atoms with Gasteiger partial charge in [0.15, 0.2) is 0 Å². The average molecular weight is 483 g/mol. The quantitative estimate of drug-likeness (QED) is 0.603. The van der Waals surface area contributed by atoms with Crippen LogP contribution in [0.5, 0.6) is 0 Å². The number of fused-ring (bicyclic) bond motifs is 5. The molecule has 5 fully saturated rings. The summed E-state index contributed by atoms with van der Waals surface area (Å²) in [6.07, 6.45) is 13.1. The molecule has 9 unspecified atom stereocenters. The smallest absolute Gasteiger partial charge is 0.335 e. The molecule has 192 valence electrons. The van der Waals surface area contributed by atoms with Crippen molar-refractivity contribution >= 4 is 5.91 Å². The molecule has 0 aromatic carbocycles. The minimum Gasteiger partial charge on any atom is -0.431 e. The fourth-order valence-electron chi connectivity index (χ4n) is 9.67. The van der Waals surface area contributed by atoms with Crippen molar-refractivity contribution in [3.8, 4) is 0 Å². The maximum Gasteiger partial charge on any atom is 0.335 e. The van der Waals surface area contributed by atoms with E-state index in [9.17, 15) is 14.7 Å². The van der Waals surface area contributed by atoms with Crippen LogP contribution in [-0.2, 0) is 4.79 Å². The predicted octanol–water partition coefficient (Wildman–Crippen LogP) is 4.12. The summed E-state index contributed by atoms with van der Waals surface area (Å²) in [6.45, 7) is 5.74. The Hall–Kier alpha value is -1.66. The number of amides is 1. The van der Waals surface area contributed by atoms with Crippen LogP contribution < -0.4 is 16.3 Å². The molecule has 4 aliphatic carbocycles. The first-order valence-corrected chi connectivity index (χ1v) is 14.1. The molecule has 9 atom stereocenters. The zero-order valence-electron chi connectivity index (χ0n) is 21.4. The summed E-state index contributed by atoms with van der Waals surface area (Å²) in [5, 5.41) is 19.1. The molecule has 5 aliphatic rings. The van der Waals surface area contributed by atoms with Crippen LogP contribution in [0.4, 0.5) is 0 Å². The lowest BCUT2D eigenvalue weighted by Gasteiger charge is -2.63. The van der Waals surface area contributed by atoms with E-state index in [-0.39, 0.29) is 34.3 Å². The summed E-state index contributed by atoms with van der Waals surface area (Å²) in [5.74, 6) is 1.92. The standard InChI is InChI=1S/C29H42N2O4/c1-27-12-9-20(31-26(33)24-4-3-15-30-24)16-19(27)6-7-23-22(27)10-13-28(2)21(11-14-29(23,28)34)18-5-8-25(32)35-17-18/h5,8,17,19-24,30,34H,3-4,6-7,9-16H2,1-2H3,(H,31,33). The Kier molecular flexibility index (Phi) is 5.72. The topological polar surface area (TPSA) is 91.6 Å². The second kappa shape index (κ2) is 8.44. The van der Waals surface area contributed by atoms with Gasteiger partial charge < -0.3 is 20.2 Å². The Balaban J connectivity index is 1.19. The lowest BCUT2D eigenvalue weighted by atomic mass is 9.43. The molecule has 1 aromatic heterocycles. The molecular weight excluding hydrogens is 440 g/mol. The number of hydrogen-bond acceptors (Lipinski definition) is 5. The molecule has 0 bridgehead atoms. The number of carbonyl (C=O) groups is 1. The zero-order valence-corrected chi connectivity index (χ0v) is 21.4. The second-order valence-electron chi connectivity index (χ2n) is 13.0. The third-order valence-corrected chi connectivity index (χ3v) is 11.7. The molecular formula is C29H42N2O4. The molecule has 1 aliphatic heterocycles. The lowest BCUT2D eigenvalue weighted by molar-refractivity contribution is -0.202. The molecule has 0 radical (unpaired) electrons. The number of hydrogen-bond donors (Lipinski definition) is 3. The zero-order chi connectivity index (χ0) is 24.4. The highest BCUT2D eigenvalue weighted by atomic mass is 16.4. The molecule has 1 amide bonds. The van der Waals surface area contributed by atoms with Crippen molar-refractivity contribution in [2.75, 3.05) is 6.54 Å². The van der Waals surface area contributed by atoms with Crippen LogP contribution >= 0.6 is 0 Å². The molecule has 1 aromatic rings. The molecule has 6 nitrogen and oxygen atoms in total. The van der Waals surface area contributed by atoms with Crippen molar-refractivity contribution < 1.29 is 14.3 Å². The van der Waals surface area contributed by atoms with Gasteiger partial charge in [0.05, 0.1) is 17.9 Å². The monoisotopic (exact) mass is 482 g/mol. The van der Waals surface area contributed by atoms with Gasteiger partial charge in [-0.2, -0.15) is 0 Å². The maximum absolute atomic E-state index is 12.7. The van der Waals surface area contributed by atoms with Gasteiger partial charge in [-0.1, -0.05) is 13.8 Å². The van der Waals surface area contributed by atoms with Crippen LogP contribution in [0.15, 0.2) is 27.6 Å². The Labute approximate surface area is 208 Å². The van der Waals surface area contributed by atoms with E-state index in [0.717, 1.165) is 82.7 Å². The van der Waals surface area contributed by atoms with Crippen LogP contribution in [0, 0.1) is 28.6 Å². The third-order valence-electron chi connectivity index (χ3n) is 11.7. The Morgan fingerprint density at radius 3 is 2.66 bits per heavy atom. The molecule has 3 N–H and O–H groups in total. The Morgan fingerprint density at radius 1 is 1.06 bits per heavy atom. The third kappa shape index (κ3) is 3.57. The van der Waals surface area contributed by atoms with Crippen molar-refractivity contribution in [3.05, 3.63) is 34.4 Å². The summed E-state index contributed by atoms with van der Waals surface area (Å²) in [6, 6.07) is 3.72. The van der Waals surface area contributed by atoms with Gasteiger partial charge >= 0.3 is 5.63 Å². The van der Waals surface area contributed by atoms with E-state index in [1.54, 1.807) is 6.26 Å². The first kappa shape index (κ1) is 23.7. The van der Waals surface area contributed by atoms with Gasteiger partial charge in [0.1, 0.15) is 0 Å². The first-order chi connectivity index (χ1) is 16.7. The number of nitrogens with one attached hydrogen (secondary N) is 2. The molecule has 1 saturated heterocycles. The normalized spacial score (nSPS) is 46.9. The van der Waals surface area contributed by atoms with Gasteiger partial charge in [-0.3, -0.25) is 4.79 Å². The second-order valence-corrected chi connectivity index (χ2v) is 13.0. The highest BCUT2D eigenvalue weighted by molar-refractivity contribution is 5.82. The van der Waals surface area contributed by atoms with Gasteiger partial charge in [-0.15, -0.1) is 0 Å². The molecule has 6 heteroatoms. The molecule has 6 rings (SSSR count). The van der Waals surface area contributed by atoms with Crippen molar-refractivity contribution in [1.29, 1.82) is 0 Å². The SMILES string of the molecule is CC12CCC(NC(=O)C3CCCN3)CC1CCC1C2CCC2(C)C(c3ccc(=O)oc3)CCC12O. The molecule has 4 saturated carbocycles. The van der Waals surface area contributed by atoms with Crippen LogP contribution in [0.3, 0.4) is 0 Å². The van der Waals surface area contributed by atoms with Crippen LogP contribution in [0.1, 0.15) is 96.0 Å². The van der Waals surface area contributed by atoms with Crippen molar-refractivity contribution in [1.82, 2.24) is 10.6 Å². The van der Waals surface area contributed by atoms with E-state index in [1.807, 2.05) is 6.07 Å². The minimum atomic E-state index is -0.663. The largest absolute Gasteiger partial charge is 0.431 e. The molecule has 35 heavy (non-hydrogen) atoms. The highest BCUT2D eigenvalue weighted by Gasteiger charge is 2.67. The predicted molar refractivity (Wildman–Crippen MR) is 134 cm³/mol.